The average Bonchev–Trinajstić information content (AvgIpc) is 2.26. The fraction of sp³-hybridized carbons (Fsp3) is 0.786. The molecule has 0 bridgehead atoms. The first-order valence-electron chi connectivity index (χ1n) is 6.26. The van der Waals surface area contributed by atoms with E-state index in [9.17, 15) is 4.79 Å². The molecule has 0 aromatic rings. The Kier molecular flexibility index (Phi) is 5.23. The van der Waals surface area contributed by atoms with E-state index < -0.39 is 0 Å². The maximum Gasteiger partial charge on any atom is 0.133 e. The second kappa shape index (κ2) is 6.00. The summed E-state index contributed by atoms with van der Waals surface area (Å²) in [7, 11) is 0. The fourth-order valence-corrected chi connectivity index (χ4v) is 3.31. The summed E-state index contributed by atoms with van der Waals surface area (Å²) in [4.78, 5) is 13.8. The Balaban J connectivity index is 2.76. The molecule has 0 aliphatic heterocycles. The van der Waals surface area contributed by atoms with Crippen LogP contribution in [0, 0.1) is 11.3 Å². The molecule has 2 heteroatoms. The summed E-state index contributed by atoms with van der Waals surface area (Å²) in [5.41, 5.74) is 1.67. The van der Waals surface area contributed by atoms with Crippen molar-refractivity contribution < 1.29 is 4.79 Å². The molecule has 0 spiro atoms. The van der Waals surface area contributed by atoms with Crippen molar-refractivity contribution in [2.75, 3.05) is 0 Å². The van der Waals surface area contributed by atoms with Crippen molar-refractivity contribution in [2.45, 2.75) is 59.3 Å². The largest absolute Gasteiger partial charge is 0.300 e. The number of hydrogen-bond donors (Lipinski definition) is 0. The van der Waals surface area contributed by atoms with Crippen molar-refractivity contribution in [1.82, 2.24) is 0 Å². The molecule has 0 radical (unpaired) electrons. The van der Waals surface area contributed by atoms with Gasteiger partial charge in [-0.25, -0.2) is 0 Å². The van der Waals surface area contributed by atoms with Gasteiger partial charge in [0.1, 0.15) is 5.78 Å². The predicted octanol–water partition coefficient (Wildman–Crippen LogP) is 4.85. The van der Waals surface area contributed by atoms with Gasteiger partial charge < -0.3 is 0 Å². The number of carbonyl (C=O) groups excluding carboxylic acids is 1. The summed E-state index contributed by atoms with van der Waals surface area (Å²) in [6.07, 6.45) is 6.87. The topological polar surface area (TPSA) is 17.1 Å². The molecule has 1 fully saturated rings. The van der Waals surface area contributed by atoms with Gasteiger partial charge in [0.2, 0.25) is 0 Å². The average molecular weight is 287 g/mol. The van der Waals surface area contributed by atoms with Crippen LogP contribution < -0.4 is 0 Å². The Morgan fingerprint density at radius 3 is 2.56 bits per heavy atom. The van der Waals surface area contributed by atoms with Gasteiger partial charge in [0.25, 0.3) is 0 Å². The van der Waals surface area contributed by atoms with E-state index in [0.717, 1.165) is 25.7 Å². The number of hydrogen-bond acceptors (Lipinski definition) is 1. The number of rotatable bonds is 1. The number of allylic oxidation sites excluding steroid dienone is 1. The Bertz CT molecular complexity index is 278. The highest BCUT2D eigenvalue weighted by atomic mass is 79.9. The molecule has 1 aliphatic carbocycles. The van der Waals surface area contributed by atoms with Gasteiger partial charge >= 0.3 is 0 Å². The zero-order valence-electron chi connectivity index (χ0n) is 10.7. The van der Waals surface area contributed by atoms with Crippen LogP contribution in [0.5, 0.6) is 0 Å². The Morgan fingerprint density at radius 1 is 1.38 bits per heavy atom. The predicted molar refractivity (Wildman–Crippen MR) is 72.7 cm³/mol. The van der Waals surface area contributed by atoms with E-state index in [2.05, 4.69) is 34.8 Å². The van der Waals surface area contributed by atoms with Crippen LogP contribution in [0.3, 0.4) is 0 Å². The van der Waals surface area contributed by atoms with E-state index in [0.29, 0.717) is 5.78 Å². The highest BCUT2D eigenvalue weighted by molar-refractivity contribution is 9.11. The maximum absolute atomic E-state index is 11.7. The third kappa shape index (κ3) is 3.73. The lowest BCUT2D eigenvalue weighted by Crippen LogP contribution is -2.29. The van der Waals surface area contributed by atoms with Gasteiger partial charge in [0, 0.05) is 5.92 Å². The SMILES string of the molecule is CC(=O)C1CCC/C(=C/Br)CCCC1(C)C. The van der Waals surface area contributed by atoms with Crippen molar-refractivity contribution in [3.63, 3.8) is 0 Å². The molecule has 1 saturated carbocycles. The molecule has 1 aliphatic rings. The van der Waals surface area contributed by atoms with E-state index >= 15 is 0 Å². The number of carbonyl (C=O) groups is 1. The Hall–Kier alpha value is -0.110. The number of Topliss-reactive ketones (excluding diaryl/α,β-unsaturated/α-hetero) is 1. The summed E-state index contributed by atoms with van der Waals surface area (Å²) in [6, 6.07) is 0. The molecule has 0 heterocycles. The van der Waals surface area contributed by atoms with Crippen LogP contribution in [0.1, 0.15) is 59.3 Å². The zero-order valence-corrected chi connectivity index (χ0v) is 12.3. The monoisotopic (exact) mass is 286 g/mol. The lowest BCUT2D eigenvalue weighted by Gasteiger charge is -2.32. The van der Waals surface area contributed by atoms with E-state index in [4.69, 9.17) is 0 Å². The first-order chi connectivity index (χ1) is 7.47. The molecule has 0 amide bonds. The molecule has 92 valence electrons. The van der Waals surface area contributed by atoms with E-state index in [1.807, 2.05) is 0 Å². The van der Waals surface area contributed by atoms with Crippen molar-refractivity contribution in [3.8, 4) is 0 Å². The standard InChI is InChI=1S/C14H23BrO/c1-11(16)13-8-4-6-12(10-15)7-5-9-14(13,2)3/h10,13H,4-9H2,1-3H3/b12-10-. The van der Waals surface area contributed by atoms with Gasteiger partial charge in [-0.1, -0.05) is 35.4 Å². The first kappa shape index (κ1) is 14.0. The minimum absolute atomic E-state index is 0.174. The minimum Gasteiger partial charge on any atom is -0.300 e. The Labute approximate surface area is 108 Å². The quantitative estimate of drug-likeness (QED) is 0.673. The molecular weight excluding hydrogens is 264 g/mol. The van der Waals surface area contributed by atoms with E-state index in [-0.39, 0.29) is 11.3 Å². The van der Waals surface area contributed by atoms with Crippen molar-refractivity contribution in [3.05, 3.63) is 10.6 Å². The fourth-order valence-electron chi connectivity index (χ4n) is 2.86. The lowest BCUT2D eigenvalue weighted by atomic mass is 9.72. The van der Waals surface area contributed by atoms with E-state index in [1.165, 1.54) is 18.4 Å². The molecule has 0 aromatic heterocycles. The van der Waals surface area contributed by atoms with Gasteiger partial charge in [-0.2, -0.15) is 0 Å². The van der Waals surface area contributed by atoms with Crippen molar-refractivity contribution in [1.29, 1.82) is 0 Å². The van der Waals surface area contributed by atoms with Gasteiger partial charge in [0.15, 0.2) is 0 Å². The lowest BCUT2D eigenvalue weighted by molar-refractivity contribution is -0.124. The summed E-state index contributed by atoms with van der Waals surface area (Å²) in [6.45, 7) is 6.26. The minimum atomic E-state index is 0.174. The van der Waals surface area contributed by atoms with Crippen LogP contribution in [0.2, 0.25) is 0 Å². The molecule has 1 nitrogen and oxygen atoms in total. The second-order valence-electron chi connectivity index (χ2n) is 5.66. The van der Waals surface area contributed by atoms with Crippen LogP contribution in [-0.2, 0) is 4.79 Å². The second-order valence-corrected chi connectivity index (χ2v) is 6.12. The summed E-state index contributed by atoms with van der Waals surface area (Å²) >= 11 is 3.44. The molecule has 1 atom stereocenters. The maximum atomic E-state index is 11.7. The van der Waals surface area contributed by atoms with Crippen LogP contribution in [-0.4, -0.2) is 5.78 Å². The van der Waals surface area contributed by atoms with E-state index in [1.54, 1.807) is 6.92 Å². The summed E-state index contributed by atoms with van der Waals surface area (Å²) < 4.78 is 0. The van der Waals surface area contributed by atoms with Crippen LogP contribution in [0.15, 0.2) is 10.6 Å². The highest BCUT2D eigenvalue weighted by Crippen LogP contribution is 2.39. The summed E-state index contributed by atoms with van der Waals surface area (Å²) in [5.74, 6) is 0.624. The van der Waals surface area contributed by atoms with Crippen LogP contribution in [0.4, 0.5) is 0 Å². The highest BCUT2D eigenvalue weighted by Gasteiger charge is 2.32. The van der Waals surface area contributed by atoms with Gasteiger partial charge in [0.05, 0.1) is 0 Å². The van der Waals surface area contributed by atoms with Gasteiger partial charge in [-0.3, -0.25) is 4.79 Å². The normalized spacial score (nSPS) is 29.2. The number of halogens is 1. The van der Waals surface area contributed by atoms with Gasteiger partial charge in [-0.15, -0.1) is 0 Å². The molecular formula is C14H23BrO. The van der Waals surface area contributed by atoms with Crippen molar-refractivity contribution >= 4 is 21.7 Å². The van der Waals surface area contributed by atoms with Crippen LogP contribution in [0.25, 0.3) is 0 Å². The molecule has 1 rings (SSSR count). The third-order valence-corrected chi connectivity index (χ3v) is 4.55. The molecule has 1 unspecified atom stereocenters. The van der Waals surface area contributed by atoms with Gasteiger partial charge in [-0.05, 0) is 55.8 Å². The summed E-state index contributed by atoms with van der Waals surface area (Å²) in [5, 5.41) is 0. The first-order valence-corrected chi connectivity index (χ1v) is 7.17. The Morgan fingerprint density at radius 2 is 2.00 bits per heavy atom. The molecule has 16 heavy (non-hydrogen) atoms. The molecule has 0 saturated heterocycles. The molecule has 0 aromatic carbocycles. The smallest absolute Gasteiger partial charge is 0.133 e. The molecule has 0 N–H and O–H groups in total. The third-order valence-electron chi connectivity index (χ3n) is 3.90. The zero-order chi connectivity index (χ0) is 12.2. The van der Waals surface area contributed by atoms with Crippen LogP contribution >= 0.6 is 15.9 Å². The van der Waals surface area contributed by atoms with Crippen molar-refractivity contribution in [2.24, 2.45) is 11.3 Å². The number of ketones is 1.